The minimum atomic E-state index is -1.24. The summed E-state index contributed by atoms with van der Waals surface area (Å²) in [5.74, 6) is -1.23. The molecular formula is C21H25N3O6. The molecule has 0 spiro atoms. The van der Waals surface area contributed by atoms with E-state index < -0.39 is 29.8 Å². The van der Waals surface area contributed by atoms with E-state index in [0.717, 1.165) is 5.56 Å². The van der Waals surface area contributed by atoms with Crippen LogP contribution in [0.2, 0.25) is 0 Å². The van der Waals surface area contributed by atoms with Crippen LogP contribution >= 0.6 is 0 Å². The standard InChI is InChI=1S/C21H25N3O6/c1-21(2,3)30-20(28)24-17(18(25)26)12-16-11-15(9-10-22-16)23-19(27)29-13-14-7-5-4-6-8-14/h4-11,17H,12-13H2,1-3H3,(H,24,28)(H,25,26)(H,22,23,27). The summed E-state index contributed by atoms with van der Waals surface area (Å²) < 4.78 is 10.2. The van der Waals surface area contributed by atoms with Crippen molar-refractivity contribution in [3.05, 3.63) is 59.9 Å². The molecule has 0 bridgehead atoms. The van der Waals surface area contributed by atoms with Crippen LogP contribution in [0.1, 0.15) is 32.0 Å². The summed E-state index contributed by atoms with van der Waals surface area (Å²) in [5.41, 5.74) is 0.842. The van der Waals surface area contributed by atoms with Crippen LogP contribution < -0.4 is 10.6 Å². The van der Waals surface area contributed by atoms with Crippen molar-refractivity contribution in [2.75, 3.05) is 5.32 Å². The first kappa shape index (κ1) is 22.7. The van der Waals surface area contributed by atoms with E-state index in [1.54, 1.807) is 26.8 Å². The van der Waals surface area contributed by atoms with Crippen LogP contribution in [0.5, 0.6) is 0 Å². The highest BCUT2D eigenvalue weighted by atomic mass is 16.6. The van der Waals surface area contributed by atoms with Crippen LogP contribution in [0.25, 0.3) is 0 Å². The number of ether oxygens (including phenoxy) is 2. The second kappa shape index (κ2) is 10.2. The first-order chi connectivity index (χ1) is 14.1. The number of amides is 2. The lowest BCUT2D eigenvalue weighted by Crippen LogP contribution is -2.44. The van der Waals surface area contributed by atoms with Gasteiger partial charge in [-0.2, -0.15) is 0 Å². The third kappa shape index (κ3) is 8.17. The Morgan fingerprint density at radius 3 is 2.43 bits per heavy atom. The summed E-state index contributed by atoms with van der Waals surface area (Å²) in [6.45, 7) is 5.15. The van der Waals surface area contributed by atoms with Gasteiger partial charge in [0.1, 0.15) is 18.2 Å². The third-order valence-electron chi connectivity index (χ3n) is 3.68. The molecule has 1 unspecified atom stereocenters. The van der Waals surface area contributed by atoms with Crippen LogP contribution in [-0.4, -0.2) is 39.9 Å². The van der Waals surface area contributed by atoms with E-state index in [0.29, 0.717) is 11.4 Å². The quantitative estimate of drug-likeness (QED) is 0.633. The maximum atomic E-state index is 12.0. The molecule has 1 heterocycles. The van der Waals surface area contributed by atoms with Gasteiger partial charge < -0.3 is 19.9 Å². The maximum absolute atomic E-state index is 12.0. The second-order valence-electron chi connectivity index (χ2n) is 7.46. The van der Waals surface area contributed by atoms with Crippen molar-refractivity contribution in [1.82, 2.24) is 10.3 Å². The zero-order valence-corrected chi connectivity index (χ0v) is 17.0. The molecule has 0 radical (unpaired) electrons. The van der Waals surface area contributed by atoms with Gasteiger partial charge in [-0.3, -0.25) is 10.3 Å². The lowest BCUT2D eigenvalue weighted by atomic mass is 10.1. The molecule has 1 aromatic carbocycles. The van der Waals surface area contributed by atoms with Crippen molar-refractivity contribution < 1.29 is 29.0 Å². The average Bonchev–Trinajstić information content (AvgIpc) is 2.65. The van der Waals surface area contributed by atoms with Crippen molar-refractivity contribution in [3.8, 4) is 0 Å². The molecule has 0 aliphatic carbocycles. The average molecular weight is 415 g/mol. The van der Waals surface area contributed by atoms with Crippen molar-refractivity contribution in [1.29, 1.82) is 0 Å². The fourth-order valence-electron chi connectivity index (χ4n) is 2.40. The van der Waals surface area contributed by atoms with Gasteiger partial charge in [0.05, 0.1) is 0 Å². The molecular weight excluding hydrogens is 390 g/mol. The Labute approximate surface area is 174 Å². The third-order valence-corrected chi connectivity index (χ3v) is 3.68. The fraction of sp³-hybridized carbons (Fsp3) is 0.333. The van der Waals surface area contributed by atoms with Crippen molar-refractivity contribution in [2.24, 2.45) is 0 Å². The molecule has 30 heavy (non-hydrogen) atoms. The number of pyridine rings is 1. The first-order valence-electron chi connectivity index (χ1n) is 9.27. The molecule has 0 fully saturated rings. The molecule has 9 nitrogen and oxygen atoms in total. The van der Waals surface area contributed by atoms with Crippen molar-refractivity contribution in [3.63, 3.8) is 0 Å². The van der Waals surface area contributed by atoms with Crippen LogP contribution in [0.15, 0.2) is 48.7 Å². The summed E-state index contributed by atoms with van der Waals surface area (Å²) >= 11 is 0. The van der Waals surface area contributed by atoms with E-state index in [-0.39, 0.29) is 13.0 Å². The fourth-order valence-corrected chi connectivity index (χ4v) is 2.40. The van der Waals surface area contributed by atoms with Gasteiger partial charge in [-0.15, -0.1) is 0 Å². The molecule has 1 aromatic heterocycles. The van der Waals surface area contributed by atoms with E-state index in [1.807, 2.05) is 30.3 Å². The molecule has 0 aliphatic heterocycles. The smallest absolute Gasteiger partial charge is 0.411 e. The summed E-state index contributed by atoms with van der Waals surface area (Å²) in [6.07, 6.45) is -0.163. The van der Waals surface area contributed by atoms with Crippen LogP contribution in [0.4, 0.5) is 15.3 Å². The molecule has 1 atom stereocenters. The number of carboxylic acids is 1. The Hall–Kier alpha value is -3.62. The Kier molecular flexibility index (Phi) is 7.74. The number of aliphatic carboxylic acids is 1. The number of carbonyl (C=O) groups excluding carboxylic acids is 2. The minimum absolute atomic E-state index is 0.0941. The summed E-state index contributed by atoms with van der Waals surface area (Å²) in [5, 5.41) is 14.3. The van der Waals surface area contributed by atoms with Crippen LogP contribution in [0.3, 0.4) is 0 Å². The number of alkyl carbamates (subject to hydrolysis) is 1. The number of carbonyl (C=O) groups is 3. The Balaban J connectivity index is 1.94. The summed E-state index contributed by atoms with van der Waals surface area (Å²) in [4.78, 5) is 39.5. The molecule has 9 heteroatoms. The summed E-state index contributed by atoms with van der Waals surface area (Å²) in [6, 6.07) is 11.0. The van der Waals surface area contributed by atoms with Gasteiger partial charge in [-0.05, 0) is 38.5 Å². The predicted molar refractivity (Wildman–Crippen MR) is 109 cm³/mol. The molecule has 160 valence electrons. The van der Waals surface area contributed by atoms with Crippen molar-refractivity contribution in [2.45, 2.75) is 45.4 Å². The highest BCUT2D eigenvalue weighted by Gasteiger charge is 2.24. The van der Waals surface area contributed by atoms with Gasteiger partial charge in [0.25, 0.3) is 0 Å². The SMILES string of the molecule is CC(C)(C)OC(=O)NC(Cc1cc(NC(=O)OCc2ccccc2)ccn1)C(=O)O. The number of nitrogens with zero attached hydrogens (tertiary/aromatic N) is 1. The van der Waals surface area contributed by atoms with E-state index in [1.165, 1.54) is 12.3 Å². The molecule has 0 aliphatic rings. The Bertz CT molecular complexity index is 880. The predicted octanol–water partition coefficient (Wildman–Crippen LogP) is 3.35. The van der Waals surface area contributed by atoms with Crippen LogP contribution in [0, 0.1) is 0 Å². The van der Waals surface area contributed by atoms with Crippen molar-refractivity contribution >= 4 is 23.8 Å². The van der Waals surface area contributed by atoms with Gasteiger partial charge >= 0.3 is 18.2 Å². The number of anilines is 1. The van der Waals surface area contributed by atoms with E-state index in [4.69, 9.17) is 9.47 Å². The Morgan fingerprint density at radius 1 is 1.10 bits per heavy atom. The number of carboxylic acid groups (broad SMARTS) is 1. The highest BCUT2D eigenvalue weighted by molar-refractivity contribution is 5.84. The number of rotatable bonds is 7. The molecule has 3 N–H and O–H groups in total. The topological polar surface area (TPSA) is 127 Å². The Morgan fingerprint density at radius 2 is 1.80 bits per heavy atom. The second-order valence-corrected chi connectivity index (χ2v) is 7.46. The molecule has 0 saturated heterocycles. The normalized spacial score (nSPS) is 11.8. The first-order valence-corrected chi connectivity index (χ1v) is 9.27. The lowest BCUT2D eigenvalue weighted by molar-refractivity contribution is -0.139. The molecule has 2 rings (SSSR count). The number of aromatic nitrogens is 1. The van der Waals surface area contributed by atoms with Gasteiger partial charge in [-0.1, -0.05) is 30.3 Å². The van der Waals surface area contributed by atoms with E-state index >= 15 is 0 Å². The summed E-state index contributed by atoms with van der Waals surface area (Å²) in [7, 11) is 0. The largest absolute Gasteiger partial charge is 0.480 e. The van der Waals surface area contributed by atoms with Gasteiger partial charge in [-0.25, -0.2) is 14.4 Å². The van der Waals surface area contributed by atoms with E-state index in [2.05, 4.69) is 15.6 Å². The van der Waals surface area contributed by atoms with Crippen LogP contribution in [-0.2, 0) is 27.3 Å². The highest BCUT2D eigenvalue weighted by Crippen LogP contribution is 2.12. The monoisotopic (exact) mass is 415 g/mol. The number of nitrogens with one attached hydrogen (secondary N) is 2. The van der Waals surface area contributed by atoms with Gasteiger partial charge in [0.15, 0.2) is 0 Å². The number of hydrogen-bond donors (Lipinski definition) is 3. The van der Waals surface area contributed by atoms with Gasteiger partial charge in [0.2, 0.25) is 0 Å². The van der Waals surface area contributed by atoms with E-state index in [9.17, 15) is 19.5 Å². The zero-order chi connectivity index (χ0) is 22.1. The molecule has 2 aromatic rings. The zero-order valence-electron chi connectivity index (χ0n) is 17.0. The lowest BCUT2D eigenvalue weighted by Gasteiger charge is -2.22. The molecule has 0 saturated carbocycles. The minimum Gasteiger partial charge on any atom is -0.480 e. The van der Waals surface area contributed by atoms with Gasteiger partial charge in [0, 0.05) is 24.0 Å². The molecule has 2 amide bonds. The maximum Gasteiger partial charge on any atom is 0.411 e. The number of hydrogen-bond acceptors (Lipinski definition) is 6. The number of benzene rings is 1.